The number of hydrazine groups is 1. The minimum atomic E-state index is -3.61. The number of nitrogens with two attached hydrogens (primary N) is 1. The zero-order valence-electron chi connectivity index (χ0n) is 27.5. The first-order chi connectivity index (χ1) is 20.7. The second-order valence-electron chi connectivity index (χ2n) is 13.4. The summed E-state index contributed by atoms with van der Waals surface area (Å²) in [4.78, 5) is 44.0. The van der Waals surface area contributed by atoms with Crippen molar-refractivity contribution in [3.8, 4) is 0 Å². The van der Waals surface area contributed by atoms with Crippen LogP contribution in [0.2, 0.25) is 0 Å². The van der Waals surface area contributed by atoms with E-state index in [1.165, 1.54) is 5.01 Å². The van der Waals surface area contributed by atoms with E-state index < -0.39 is 45.8 Å². The highest BCUT2D eigenvalue weighted by atomic mass is 32.2. The van der Waals surface area contributed by atoms with Crippen molar-refractivity contribution in [2.75, 3.05) is 31.9 Å². The molecular weight excluding hydrogens is 586 g/mol. The van der Waals surface area contributed by atoms with Crippen LogP contribution in [0.1, 0.15) is 98.8 Å². The molecule has 3 amide bonds. The summed E-state index contributed by atoms with van der Waals surface area (Å²) in [5.41, 5.74) is 5.70. The first-order valence-corrected chi connectivity index (χ1v) is 18.3. The van der Waals surface area contributed by atoms with Crippen LogP contribution in [0, 0.1) is 29.6 Å². The van der Waals surface area contributed by atoms with Crippen LogP contribution in [0.15, 0.2) is 0 Å². The quantitative estimate of drug-likeness (QED) is 0.140. The first kappa shape index (κ1) is 38.4. The molecule has 0 radical (unpaired) electrons. The highest BCUT2D eigenvalue weighted by molar-refractivity contribution is 7.89. The Bertz CT molecular complexity index is 1010. The second-order valence-corrected chi connectivity index (χ2v) is 15.2. The summed E-state index contributed by atoms with van der Waals surface area (Å²) in [5.74, 6) is -2.61. The van der Waals surface area contributed by atoms with Crippen molar-refractivity contribution < 1.29 is 33.0 Å². The van der Waals surface area contributed by atoms with Crippen molar-refractivity contribution >= 4 is 27.7 Å². The molecule has 0 aromatic rings. The third-order valence-electron chi connectivity index (χ3n) is 8.93. The van der Waals surface area contributed by atoms with Gasteiger partial charge in [-0.15, -0.1) is 4.83 Å². The van der Waals surface area contributed by atoms with Crippen LogP contribution >= 0.6 is 0 Å². The average Bonchev–Trinajstić information content (AvgIpc) is 2.95. The van der Waals surface area contributed by atoms with E-state index in [4.69, 9.17) is 5.73 Å². The lowest BCUT2D eigenvalue weighted by Crippen LogP contribution is -2.55. The van der Waals surface area contributed by atoms with E-state index in [0.717, 1.165) is 25.7 Å². The molecule has 5 unspecified atom stereocenters. The Balaban J connectivity index is 2.24. The topological polar surface area (TPSA) is 182 Å². The molecule has 0 aromatic heterocycles. The monoisotopic (exact) mass is 645 g/mol. The van der Waals surface area contributed by atoms with Crippen molar-refractivity contribution in [2.24, 2.45) is 35.3 Å². The molecule has 0 heterocycles. The Morgan fingerprint density at radius 3 is 2.02 bits per heavy atom. The summed E-state index contributed by atoms with van der Waals surface area (Å²) < 4.78 is 25.2. The van der Waals surface area contributed by atoms with E-state index in [1.807, 2.05) is 32.6 Å². The summed E-state index contributed by atoms with van der Waals surface area (Å²) in [7, 11) is -3.61. The number of primary amides is 1. The summed E-state index contributed by atoms with van der Waals surface area (Å²) in [6.07, 6.45) is 4.30. The van der Waals surface area contributed by atoms with Gasteiger partial charge in [0.1, 0.15) is 0 Å². The van der Waals surface area contributed by atoms with Crippen LogP contribution in [0.3, 0.4) is 0 Å². The van der Waals surface area contributed by atoms with Gasteiger partial charge in [0.2, 0.25) is 27.7 Å². The number of nitrogens with zero attached hydrogens (tertiary/aromatic N) is 2. The van der Waals surface area contributed by atoms with E-state index >= 15 is 0 Å². The number of amides is 3. The Hall–Kier alpha value is -1.80. The lowest BCUT2D eigenvalue weighted by Gasteiger charge is -2.37. The molecule has 5 atom stereocenters. The van der Waals surface area contributed by atoms with Crippen molar-refractivity contribution in [1.29, 1.82) is 0 Å². The van der Waals surface area contributed by atoms with Gasteiger partial charge in [0, 0.05) is 43.9 Å². The molecule has 2 fully saturated rings. The third-order valence-corrected chi connectivity index (χ3v) is 10.6. The molecular formula is C31H59N5O7S. The van der Waals surface area contributed by atoms with E-state index in [9.17, 15) is 33.0 Å². The lowest BCUT2D eigenvalue weighted by atomic mass is 9.73. The van der Waals surface area contributed by atoms with Gasteiger partial charge in [-0.2, -0.15) is 0 Å². The molecule has 0 aliphatic heterocycles. The summed E-state index contributed by atoms with van der Waals surface area (Å²) >= 11 is 0. The molecule has 6 N–H and O–H groups in total. The Morgan fingerprint density at radius 1 is 0.932 bits per heavy atom. The fraction of sp³-hybridized carbons (Fsp3) is 0.903. The number of hydrogen-bond acceptors (Lipinski definition) is 8. The SMILES string of the molecule is CCCN(CCC)C(=O)C1CC(C(N)=O)CC(C(=O)NC(CC2CCC(O)CC2)C(O)CN(CC)NS(=O)(=O)CC(C)C)C1. The predicted molar refractivity (Wildman–Crippen MR) is 170 cm³/mol. The van der Waals surface area contributed by atoms with Gasteiger partial charge in [-0.05, 0) is 76.0 Å². The van der Waals surface area contributed by atoms with Crippen LogP contribution < -0.4 is 15.9 Å². The number of carbonyl (C=O) groups excluding carboxylic acids is 3. The van der Waals surface area contributed by atoms with Crippen LogP contribution in [-0.2, 0) is 24.4 Å². The number of hydrogen-bond donors (Lipinski definition) is 5. The maximum absolute atomic E-state index is 13.8. The minimum Gasteiger partial charge on any atom is -0.393 e. The molecule has 13 heteroatoms. The van der Waals surface area contributed by atoms with E-state index in [-0.39, 0.29) is 48.5 Å². The number of aliphatic hydroxyl groups excluding tert-OH is 2. The maximum atomic E-state index is 13.8. The molecule has 256 valence electrons. The average molecular weight is 646 g/mol. The highest BCUT2D eigenvalue weighted by Gasteiger charge is 2.41. The standard InChI is InChI=1S/C31H59N5O7S/c1-6-13-35(14-7-2)31(41)25-17-23(29(32)39)16-24(18-25)30(40)33-27(15-22-9-11-26(37)12-10-22)28(38)19-36(8-3)34-44(42,43)20-21(4)5/h21-28,34,37-38H,6-20H2,1-5H3,(H2,32,39)(H,33,40). The second kappa shape index (κ2) is 18.4. The van der Waals surface area contributed by atoms with E-state index in [1.54, 1.807) is 6.92 Å². The van der Waals surface area contributed by atoms with E-state index in [2.05, 4.69) is 10.1 Å². The molecule has 2 rings (SSSR count). The maximum Gasteiger partial charge on any atom is 0.225 e. The number of aliphatic hydroxyl groups is 2. The number of nitrogens with one attached hydrogen (secondary N) is 2. The van der Waals surface area contributed by atoms with Crippen molar-refractivity contribution in [3.63, 3.8) is 0 Å². The zero-order valence-corrected chi connectivity index (χ0v) is 28.4. The molecule has 2 saturated carbocycles. The molecule has 44 heavy (non-hydrogen) atoms. The number of rotatable bonds is 18. The zero-order chi connectivity index (χ0) is 33.0. The summed E-state index contributed by atoms with van der Waals surface area (Å²) in [5, 5.41) is 25.9. The Morgan fingerprint density at radius 2 is 1.50 bits per heavy atom. The molecule has 0 saturated heterocycles. The largest absolute Gasteiger partial charge is 0.393 e. The van der Waals surface area contributed by atoms with Crippen LogP contribution in [0.25, 0.3) is 0 Å². The first-order valence-electron chi connectivity index (χ1n) is 16.7. The van der Waals surface area contributed by atoms with Gasteiger partial charge in [-0.1, -0.05) is 34.6 Å². The predicted octanol–water partition coefficient (Wildman–Crippen LogP) is 1.75. The normalized spacial score (nSPS) is 25.9. The number of carbonyl (C=O) groups is 3. The van der Waals surface area contributed by atoms with Gasteiger partial charge >= 0.3 is 0 Å². The van der Waals surface area contributed by atoms with Gasteiger partial charge in [0.25, 0.3) is 0 Å². The molecule has 2 aliphatic rings. The summed E-state index contributed by atoms with van der Waals surface area (Å²) in [6.45, 7) is 10.9. The van der Waals surface area contributed by atoms with Gasteiger partial charge in [0.05, 0.1) is 24.0 Å². The summed E-state index contributed by atoms with van der Waals surface area (Å²) in [6, 6.07) is -0.689. The molecule has 12 nitrogen and oxygen atoms in total. The van der Waals surface area contributed by atoms with Gasteiger partial charge in [0.15, 0.2) is 0 Å². The molecule has 2 aliphatic carbocycles. The Kier molecular flexibility index (Phi) is 16.0. The van der Waals surface area contributed by atoms with Crippen LogP contribution in [-0.4, -0.2) is 96.4 Å². The number of likely N-dealkylation sites (N-methyl/N-ethyl adjacent to an activating group) is 1. The number of sulfonamides is 1. The Labute approximate surface area is 264 Å². The lowest BCUT2D eigenvalue weighted by molar-refractivity contribution is -0.141. The van der Waals surface area contributed by atoms with Crippen LogP contribution in [0.5, 0.6) is 0 Å². The van der Waals surface area contributed by atoms with Crippen LogP contribution in [0.4, 0.5) is 0 Å². The third kappa shape index (κ3) is 12.5. The minimum absolute atomic E-state index is 0.0349. The molecule has 0 spiro atoms. The van der Waals surface area contributed by atoms with Crippen molar-refractivity contribution in [2.45, 2.75) is 117 Å². The van der Waals surface area contributed by atoms with Gasteiger partial charge < -0.3 is 26.2 Å². The molecule has 0 bridgehead atoms. The molecule has 0 aromatic carbocycles. The van der Waals surface area contributed by atoms with E-state index in [0.29, 0.717) is 51.7 Å². The van der Waals surface area contributed by atoms with Gasteiger partial charge in [-0.25, -0.2) is 13.4 Å². The fourth-order valence-corrected chi connectivity index (χ4v) is 8.26. The fourth-order valence-electron chi connectivity index (χ4n) is 6.71. The van der Waals surface area contributed by atoms with Crippen molar-refractivity contribution in [3.05, 3.63) is 0 Å². The van der Waals surface area contributed by atoms with Crippen molar-refractivity contribution in [1.82, 2.24) is 20.1 Å². The smallest absolute Gasteiger partial charge is 0.225 e. The highest BCUT2D eigenvalue weighted by Crippen LogP contribution is 2.35. The van der Waals surface area contributed by atoms with Gasteiger partial charge in [-0.3, -0.25) is 14.4 Å².